The minimum atomic E-state index is -0.789. The lowest BCUT2D eigenvalue weighted by Crippen LogP contribution is -2.49. The van der Waals surface area contributed by atoms with Crippen LogP contribution in [0.5, 0.6) is 0 Å². The Bertz CT molecular complexity index is 501. The van der Waals surface area contributed by atoms with Gasteiger partial charge in [-0.15, -0.1) is 0 Å². The molecule has 0 spiro atoms. The van der Waals surface area contributed by atoms with Gasteiger partial charge in [-0.05, 0) is 28.1 Å². The zero-order chi connectivity index (χ0) is 14.5. The van der Waals surface area contributed by atoms with E-state index < -0.39 is 5.97 Å². The van der Waals surface area contributed by atoms with Crippen molar-refractivity contribution in [3.05, 3.63) is 28.5 Å². The van der Waals surface area contributed by atoms with E-state index >= 15 is 0 Å². The van der Waals surface area contributed by atoms with E-state index in [1.54, 1.807) is 23.2 Å². The predicted molar refractivity (Wildman–Crippen MR) is 76.5 cm³/mol. The first kappa shape index (κ1) is 14.9. The number of aromatic nitrogens is 1. The van der Waals surface area contributed by atoms with Crippen LogP contribution in [0.3, 0.4) is 0 Å². The molecular formula is C13H16BrN3O3. The Kier molecular flexibility index (Phi) is 5.08. The number of carboxylic acids is 1. The molecule has 1 aromatic heterocycles. The lowest BCUT2D eigenvalue weighted by molar-refractivity contribution is -0.137. The van der Waals surface area contributed by atoms with Crippen LogP contribution in [-0.2, 0) is 4.79 Å². The third kappa shape index (κ3) is 3.77. The zero-order valence-corrected chi connectivity index (χ0v) is 12.5. The highest BCUT2D eigenvalue weighted by Gasteiger charge is 2.23. The number of hydrogen-bond acceptors (Lipinski definition) is 4. The molecule has 0 atom stereocenters. The van der Waals surface area contributed by atoms with E-state index in [0.717, 1.165) is 0 Å². The number of carboxylic acid groups (broad SMARTS) is 1. The monoisotopic (exact) mass is 341 g/mol. The maximum Gasteiger partial charge on any atom is 0.304 e. The zero-order valence-electron chi connectivity index (χ0n) is 11.0. The predicted octanol–water partition coefficient (Wildman–Crippen LogP) is 1.08. The van der Waals surface area contributed by atoms with Gasteiger partial charge < -0.3 is 10.0 Å². The fourth-order valence-corrected chi connectivity index (χ4v) is 2.56. The van der Waals surface area contributed by atoms with Crippen molar-refractivity contribution >= 4 is 27.8 Å². The van der Waals surface area contributed by atoms with E-state index in [-0.39, 0.29) is 12.3 Å². The fraction of sp³-hybridized carbons (Fsp3) is 0.462. The number of nitrogens with zero attached hydrogens (tertiary/aromatic N) is 3. The summed E-state index contributed by atoms with van der Waals surface area (Å²) in [4.78, 5) is 30.8. The normalized spacial score (nSPS) is 16.1. The van der Waals surface area contributed by atoms with E-state index in [9.17, 15) is 9.59 Å². The summed E-state index contributed by atoms with van der Waals surface area (Å²) in [5.41, 5.74) is 0.562. The van der Waals surface area contributed by atoms with Gasteiger partial charge in [0.15, 0.2) is 0 Å². The van der Waals surface area contributed by atoms with Crippen LogP contribution in [0.15, 0.2) is 22.9 Å². The molecule has 2 rings (SSSR count). The molecule has 6 nitrogen and oxygen atoms in total. The van der Waals surface area contributed by atoms with Crippen LogP contribution in [0.25, 0.3) is 0 Å². The van der Waals surface area contributed by atoms with E-state index in [2.05, 4.69) is 25.8 Å². The van der Waals surface area contributed by atoms with Crippen molar-refractivity contribution in [3.8, 4) is 0 Å². The molecule has 0 unspecified atom stereocenters. The van der Waals surface area contributed by atoms with Gasteiger partial charge in [-0.2, -0.15) is 0 Å². The highest BCUT2D eigenvalue weighted by Crippen LogP contribution is 2.16. The van der Waals surface area contributed by atoms with Crippen LogP contribution in [0.1, 0.15) is 16.8 Å². The number of rotatable bonds is 4. The van der Waals surface area contributed by atoms with Crippen molar-refractivity contribution in [2.75, 3.05) is 32.7 Å². The van der Waals surface area contributed by atoms with Gasteiger partial charge in [0, 0.05) is 38.9 Å². The minimum absolute atomic E-state index is 0.0390. The summed E-state index contributed by atoms with van der Waals surface area (Å²) >= 11 is 3.28. The van der Waals surface area contributed by atoms with Crippen molar-refractivity contribution in [3.63, 3.8) is 0 Å². The lowest BCUT2D eigenvalue weighted by atomic mass is 10.2. The molecule has 2 heterocycles. The Morgan fingerprint density at radius 2 is 2.00 bits per heavy atom. The number of carbonyl (C=O) groups is 2. The van der Waals surface area contributed by atoms with Crippen molar-refractivity contribution in [1.29, 1.82) is 0 Å². The second-order valence-electron chi connectivity index (χ2n) is 4.62. The summed E-state index contributed by atoms with van der Waals surface area (Å²) < 4.78 is 0.554. The molecule has 0 aromatic carbocycles. The maximum atomic E-state index is 12.3. The number of pyridine rings is 1. The number of piperazine rings is 1. The van der Waals surface area contributed by atoms with E-state index in [1.165, 1.54) is 0 Å². The number of hydrogen-bond donors (Lipinski definition) is 1. The summed E-state index contributed by atoms with van der Waals surface area (Å²) in [6.07, 6.45) is 1.77. The maximum absolute atomic E-state index is 12.3. The highest BCUT2D eigenvalue weighted by atomic mass is 79.9. The molecule has 108 valence electrons. The average Bonchev–Trinajstić information content (AvgIpc) is 2.45. The van der Waals surface area contributed by atoms with Crippen LogP contribution >= 0.6 is 15.9 Å². The molecule has 1 amide bonds. The first-order valence-corrected chi connectivity index (χ1v) is 7.21. The second kappa shape index (κ2) is 6.81. The molecule has 1 fully saturated rings. The Hall–Kier alpha value is -1.47. The van der Waals surface area contributed by atoms with Crippen LogP contribution in [0, 0.1) is 0 Å². The molecule has 0 aliphatic carbocycles. The fourth-order valence-electron chi connectivity index (χ4n) is 2.14. The van der Waals surface area contributed by atoms with Gasteiger partial charge >= 0.3 is 5.97 Å². The third-order valence-corrected chi connectivity index (χ3v) is 3.92. The summed E-state index contributed by atoms with van der Waals surface area (Å²) in [5.74, 6) is -0.828. The summed E-state index contributed by atoms with van der Waals surface area (Å²) in [5, 5.41) is 8.66. The molecular weight excluding hydrogens is 326 g/mol. The van der Waals surface area contributed by atoms with Crippen LogP contribution in [0.2, 0.25) is 0 Å². The van der Waals surface area contributed by atoms with Crippen molar-refractivity contribution in [2.24, 2.45) is 0 Å². The molecule has 1 aliphatic heterocycles. The SMILES string of the molecule is O=C(O)CCN1CCN(C(=O)c2cccnc2Br)CC1. The van der Waals surface area contributed by atoms with Gasteiger partial charge in [0.1, 0.15) is 4.60 Å². The van der Waals surface area contributed by atoms with Gasteiger partial charge in [0.25, 0.3) is 5.91 Å². The average molecular weight is 342 g/mol. The molecule has 1 aliphatic rings. The number of halogens is 1. The quantitative estimate of drug-likeness (QED) is 0.829. The molecule has 0 bridgehead atoms. The topological polar surface area (TPSA) is 73.7 Å². The molecule has 7 heteroatoms. The first-order valence-electron chi connectivity index (χ1n) is 6.42. The molecule has 0 radical (unpaired) electrons. The smallest absolute Gasteiger partial charge is 0.304 e. The standard InChI is InChI=1S/C13H16BrN3O3/c14-12-10(2-1-4-15-12)13(20)17-8-6-16(7-9-17)5-3-11(18)19/h1-2,4H,3,5-9H2,(H,18,19). The third-order valence-electron chi connectivity index (χ3n) is 3.29. The molecule has 1 aromatic rings. The van der Waals surface area contributed by atoms with Gasteiger partial charge in [-0.1, -0.05) is 0 Å². The van der Waals surface area contributed by atoms with E-state index in [1.807, 2.05) is 0 Å². The largest absolute Gasteiger partial charge is 0.481 e. The summed E-state index contributed by atoms with van der Waals surface area (Å²) in [6.45, 7) is 3.17. The number of carbonyl (C=O) groups excluding carboxylic acids is 1. The van der Waals surface area contributed by atoms with Crippen LogP contribution < -0.4 is 0 Å². The Morgan fingerprint density at radius 3 is 2.60 bits per heavy atom. The second-order valence-corrected chi connectivity index (χ2v) is 5.37. The number of amides is 1. The van der Waals surface area contributed by atoms with Gasteiger partial charge in [-0.25, -0.2) is 4.98 Å². The van der Waals surface area contributed by atoms with Crippen molar-refractivity contribution in [1.82, 2.24) is 14.8 Å². The molecule has 1 N–H and O–H groups in total. The summed E-state index contributed by atoms with van der Waals surface area (Å²) in [6, 6.07) is 3.48. The Morgan fingerprint density at radius 1 is 1.30 bits per heavy atom. The molecule has 20 heavy (non-hydrogen) atoms. The molecule has 1 saturated heterocycles. The van der Waals surface area contributed by atoms with Crippen molar-refractivity contribution < 1.29 is 14.7 Å². The first-order chi connectivity index (χ1) is 9.58. The van der Waals surface area contributed by atoms with E-state index in [4.69, 9.17) is 5.11 Å². The van der Waals surface area contributed by atoms with Crippen LogP contribution in [0.4, 0.5) is 0 Å². The van der Waals surface area contributed by atoms with Crippen LogP contribution in [-0.4, -0.2) is 64.5 Å². The lowest BCUT2D eigenvalue weighted by Gasteiger charge is -2.34. The van der Waals surface area contributed by atoms with Gasteiger partial charge in [-0.3, -0.25) is 14.5 Å². The van der Waals surface area contributed by atoms with Gasteiger partial charge in [0.2, 0.25) is 0 Å². The van der Waals surface area contributed by atoms with Gasteiger partial charge in [0.05, 0.1) is 12.0 Å². The number of aliphatic carboxylic acids is 1. The highest BCUT2D eigenvalue weighted by molar-refractivity contribution is 9.10. The van der Waals surface area contributed by atoms with E-state index in [0.29, 0.717) is 42.9 Å². The summed E-state index contributed by atoms with van der Waals surface area (Å²) in [7, 11) is 0. The molecule has 0 saturated carbocycles. The minimum Gasteiger partial charge on any atom is -0.481 e. The Balaban J connectivity index is 1.89. The Labute approximate surface area is 125 Å². The van der Waals surface area contributed by atoms with Crippen molar-refractivity contribution in [2.45, 2.75) is 6.42 Å².